The summed E-state index contributed by atoms with van der Waals surface area (Å²) in [6.07, 6.45) is 1.85. The van der Waals surface area contributed by atoms with E-state index in [2.05, 4.69) is 10.3 Å². The average molecular weight is 414 g/mol. The van der Waals surface area contributed by atoms with Crippen LogP contribution in [0.4, 0.5) is 0 Å². The molecular formula is C22H27N3O3S. The molecule has 2 unspecified atom stereocenters. The van der Waals surface area contributed by atoms with Crippen molar-refractivity contribution >= 4 is 23.6 Å². The molecule has 6 nitrogen and oxygen atoms in total. The molecule has 3 rings (SSSR count). The largest absolute Gasteiger partial charge is 0.372 e. The highest BCUT2D eigenvalue weighted by Gasteiger charge is 2.26. The van der Waals surface area contributed by atoms with Gasteiger partial charge in [0.1, 0.15) is 0 Å². The van der Waals surface area contributed by atoms with Crippen molar-refractivity contribution in [2.75, 3.05) is 18.8 Å². The first-order valence-electron chi connectivity index (χ1n) is 9.79. The molecule has 2 amide bonds. The van der Waals surface area contributed by atoms with Gasteiger partial charge in [0.2, 0.25) is 5.91 Å². The Bertz CT molecular complexity index is 804. The summed E-state index contributed by atoms with van der Waals surface area (Å²) in [7, 11) is 0. The summed E-state index contributed by atoms with van der Waals surface area (Å²) in [5.41, 5.74) is 2.59. The van der Waals surface area contributed by atoms with Gasteiger partial charge in [-0.3, -0.25) is 14.6 Å². The lowest BCUT2D eigenvalue weighted by Gasteiger charge is -2.35. The molecule has 1 aliphatic heterocycles. The standard InChI is InChI=1S/C22H27N3O3S/c1-16-12-25(13-17(2)28-16)22(27)19-8-6-18(7-9-19)11-24-21(26)15-29-14-20-5-3-4-10-23-20/h3-10,16-17H,11-15H2,1-2H3,(H,24,26). The van der Waals surface area contributed by atoms with Crippen LogP contribution in [0.5, 0.6) is 0 Å². The van der Waals surface area contributed by atoms with E-state index in [9.17, 15) is 9.59 Å². The Morgan fingerprint density at radius 2 is 1.86 bits per heavy atom. The van der Waals surface area contributed by atoms with Crippen LogP contribution in [-0.2, 0) is 21.8 Å². The molecule has 1 N–H and O–H groups in total. The quantitative estimate of drug-likeness (QED) is 0.756. The molecule has 1 aromatic heterocycles. The van der Waals surface area contributed by atoms with Crippen LogP contribution in [0.15, 0.2) is 48.7 Å². The minimum absolute atomic E-state index is 0.0117. The van der Waals surface area contributed by atoms with E-state index in [0.717, 1.165) is 11.3 Å². The fraction of sp³-hybridized carbons (Fsp3) is 0.409. The molecule has 0 saturated carbocycles. The van der Waals surface area contributed by atoms with Crippen LogP contribution >= 0.6 is 11.8 Å². The van der Waals surface area contributed by atoms with Crippen LogP contribution in [0, 0.1) is 0 Å². The van der Waals surface area contributed by atoms with Crippen molar-refractivity contribution in [3.63, 3.8) is 0 Å². The number of rotatable bonds is 7. The first kappa shape index (κ1) is 21.3. The maximum atomic E-state index is 12.7. The molecule has 0 spiro atoms. The van der Waals surface area contributed by atoms with Gasteiger partial charge in [0.05, 0.1) is 23.7 Å². The summed E-state index contributed by atoms with van der Waals surface area (Å²) >= 11 is 1.54. The summed E-state index contributed by atoms with van der Waals surface area (Å²) in [5.74, 6) is 1.11. The molecule has 2 aromatic rings. The number of ether oxygens (including phenoxy) is 1. The van der Waals surface area contributed by atoms with Gasteiger partial charge in [0.25, 0.3) is 5.91 Å². The van der Waals surface area contributed by atoms with E-state index in [1.807, 2.05) is 61.2 Å². The van der Waals surface area contributed by atoms with E-state index in [1.165, 1.54) is 11.8 Å². The molecule has 7 heteroatoms. The van der Waals surface area contributed by atoms with Gasteiger partial charge in [-0.25, -0.2) is 0 Å². The molecule has 2 heterocycles. The molecule has 154 valence electrons. The number of amides is 2. The topological polar surface area (TPSA) is 71.5 Å². The summed E-state index contributed by atoms with van der Waals surface area (Å²) in [6.45, 7) is 5.63. The van der Waals surface area contributed by atoms with Gasteiger partial charge >= 0.3 is 0 Å². The van der Waals surface area contributed by atoms with Crippen LogP contribution in [0.2, 0.25) is 0 Å². The van der Waals surface area contributed by atoms with Crippen LogP contribution in [0.3, 0.4) is 0 Å². The zero-order valence-corrected chi connectivity index (χ0v) is 17.7. The van der Waals surface area contributed by atoms with E-state index in [-0.39, 0.29) is 24.0 Å². The summed E-state index contributed by atoms with van der Waals surface area (Å²) in [6, 6.07) is 13.2. The molecule has 1 aliphatic rings. The Morgan fingerprint density at radius 3 is 2.52 bits per heavy atom. The van der Waals surface area contributed by atoms with E-state index < -0.39 is 0 Å². The van der Waals surface area contributed by atoms with Gasteiger partial charge in [0, 0.05) is 37.1 Å². The lowest BCUT2D eigenvalue weighted by atomic mass is 10.1. The van der Waals surface area contributed by atoms with Gasteiger partial charge in [-0.1, -0.05) is 18.2 Å². The second-order valence-electron chi connectivity index (χ2n) is 7.25. The lowest BCUT2D eigenvalue weighted by Crippen LogP contribution is -2.48. The normalized spacial score (nSPS) is 19.0. The fourth-order valence-electron chi connectivity index (χ4n) is 3.27. The fourth-order valence-corrected chi connectivity index (χ4v) is 4.04. The summed E-state index contributed by atoms with van der Waals surface area (Å²) in [4.78, 5) is 30.8. The molecular weight excluding hydrogens is 386 g/mol. The van der Waals surface area contributed by atoms with Gasteiger partial charge in [-0.05, 0) is 43.7 Å². The Labute approximate surface area is 176 Å². The lowest BCUT2D eigenvalue weighted by molar-refractivity contribution is -0.118. The number of carbonyl (C=O) groups excluding carboxylic acids is 2. The van der Waals surface area contributed by atoms with Crippen LogP contribution in [0.1, 0.15) is 35.5 Å². The number of hydrogen-bond donors (Lipinski definition) is 1. The SMILES string of the molecule is CC1CN(C(=O)c2ccc(CNC(=O)CSCc3ccccn3)cc2)CC(C)O1. The number of aromatic nitrogens is 1. The van der Waals surface area contributed by atoms with Crippen molar-refractivity contribution in [1.29, 1.82) is 0 Å². The van der Waals surface area contributed by atoms with Gasteiger partial charge in [-0.15, -0.1) is 11.8 Å². The highest BCUT2D eigenvalue weighted by atomic mass is 32.2. The van der Waals surface area contributed by atoms with Crippen molar-refractivity contribution < 1.29 is 14.3 Å². The molecule has 2 atom stereocenters. The molecule has 1 saturated heterocycles. The second-order valence-corrected chi connectivity index (χ2v) is 8.24. The maximum absolute atomic E-state index is 12.7. The summed E-state index contributed by atoms with van der Waals surface area (Å²) < 4.78 is 5.69. The monoisotopic (exact) mass is 413 g/mol. The predicted octanol–water partition coefficient (Wildman–Crippen LogP) is 2.88. The second kappa shape index (κ2) is 10.4. The zero-order chi connectivity index (χ0) is 20.6. The summed E-state index contributed by atoms with van der Waals surface area (Å²) in [5, 5.41) is 2.92. The zero-order valence-electron chi connectivity index (χ0n) is 16.8. The Balaban J connectivity index is 1.43. The Kier molecular flexibility index (Phi) is 7.66. The number of hydrogen-bond acceptors (Lipinski definition) is 5. The van der Waals surface area contributed by atoms with Crippen LogP contribution in [0.25, 0.3) is 0 Å². The first-order valence-corrected chi connectivity index (χ1v) is 10.9. The number of carbonyl (C=O) groups is 2. The Hall–Kier alpha value is -2.38. The number of benzene rings is 1. The van der Waals surface area contributed by atoms with Crippen molar-refractivity contribution in [1.82, 2.24) is 15.2 Å². The van der Waals surface area contributed by atoms with Crippen LogP contribution < -0.4 is 5.32 Å². The first-order chi connectivity index (χ1) is 14.0. The van der Waals surface area contributed by atoms with Gasteiger partial charge in [-0.2, -0.15) is 0 Å². The highest BCUT2D eigenvalue weighted by molar-refractivity contribution is 7.99. The van der Waals surface area contributed by atoms with Crippen molar-refractivity contribution in [3.05, 3.63) is 65.5 Å². The molecule has 1 aromatic carbocycles. The number of morpholine rings is 1. The molecule has 29 heavy (non-hydrogen) atoms. The third kappa shape index (κ3) is 6.58. The maximum Gasteiger partial charge on any atom is 0.254 e. The van der Waals surface area contributed by atoms with Gasteiger partial charge in [0.15, 0.2) is 0 Å². The molecule has 0 bridgehead atoms. The van der Waals surface area contributed by atoms with Crippen LogP contribution in [-0.4, -0.2) is 52.7 Å². The molecule has 1 fully saturated rings. The smallest absolute Gasteiger partial charge is 0.254 e. The number of pyridine rings is 1. The average Bonchev–Trinajstić information content (AvgIpc) is 2.72. The minimum atomic E-state index is -0.0117. The Morgan fingerprint density at radius 1 is 1.14 bits per heavy atom. The van der Waals surface area contributed by atoms with Crippen molar-refractivity contribution in [3.8, 4) is 0 Å². The third-order valence-corrected chi connectivity index (χ3v) is 5.57. The van der Waals surface area contributed by atoms with Crippen molar-refractivity contribution in [2.45, 2.75) is 38.4 Å². The third-order valence-electron chi connectivity index (χ3n) is 4.61. The van der Waals surface area contributed by atoms with Gasteiger partial charge < -0.3 is 15.0 Å². The van der Waals surface area contributed by atoms with E-state index in [4.69, 9.17) is 4.74 Å². The van der Waals surface area contributed by atoms with Crippen molar-refractivity contribution in [2.24, 2.45) is 0 Å². The predicted molar refractivity (Wildman–Crippen MR) is 115 cm³/mol. The number of thioether (sulfide) groups is 1. The number of nitrogens with zero attached hydrogens (tertiary/aromatic N) is 2. The number of nitrogens with one attached hydrogen (secondary N) is 1. The van der Waals surface area contributed by atoms with E-state index in [1.54, 1.807) is 6.20 Å². The molecule has 0 radical (unpaired) electrons. The van der Waals surface area contributed by atoms with E-state index >= 15 is 0 Å². The highest BCUT2D eigenvalue weighted by Crippen LogP contribution is 2.15. The van der Waals surface area contributed by atoms with E-state index in [0.29, 0.717) is 36.7 Å². The molecule has 0 aliphatic carbocycles. The minimum Gasteiger partial charge on any atom is -0.372 e.